The highest BCUT2D eigenvalue weighted by Gasteiger charge is 2.10. The molecule has 1 heterocycles. The quantitative estimate of drug-likeness (QED) is 0.794. The van der Waals surface area contributed by atoms with Gasteiger partial charge < -0.3 is 11.5 Å². The molecular formula is C9H13Cl2N3O. The summed E-state index contributed by atoms with van der Waals surface area (Å²) in [6.07, 6.45) is 0.111. The van der Waals surface area contributed by atoms with Crippen LogP contribution in [0.4, 0.5) is 0 Å². The molecule has 1 unspecified atom stereocenters. The topological polar surface area (TPSA) is 82.0 Å². The van der Waals surface area contributed by atoms with Crippen LogP contribution in [-0.2, 0) is 4.79 Å². The van der Waals surface area contributed by atoms with Crippen LogP contribution < -0.4 is 11.5 Å². The molecule has 1 rings (SSSR count). The number of halogens is 2. The fraction of sp³-hybridized carbons (Fsp3) is 0.333. The highest BCUT2D eigenvalue weighted by atomic mass is 35.5. The molecule has 0 aromatic carbocycles. The number of nitrogens with two attached hydrogens (primary N) is 2. The molecule has 1 atom stereocenters. The zero-order valence-electron chi connectivity index (χ0n) is 8.24. The van der Waals surface area contributed by atoms with Gasteiger partial charge in [0.2, 0.25) is 5.91 Å². The van der Waals surface area contributed by atoms with Gasteiger partial charge in [-0.1, -0.05) is 11.6 Å². The second-order valence-electron chi connectivity index (χ2n) is 3.14. The van der Waals surface area contributed by atoms with Gasteiger partial charge in [0.1, 0.15) is 5.15 Å². The van der Waals surface area contributed by atoms with E-state index in [1.54, 1.807) is 12.1 Å². The Bertz CT molecular complexity index is 337. The number of aromatic nitrogens is 1. The van der Waals surface area contributed by atoms with Crippen LogP contribution >= 0.6 is 24.0 Å². The SMILES string of the molecule is Cc1cc(C(N)CC(N)=O)cc(Cl)n1.Cl. The summed E-state index contributed by atoms with van der Waals surface area (Å²) in [5.74, 6) is -0.428. The molecule has 0 fully saturated rings. The molecule has 0 saturated heterocycles. The largest absolute Gasteiger partial charge is 0.370 e. The van der Waals surface area contributed by atoms with E-state index in [0.29, 0.717) is 5.15 Å². The van der Waals surface area contributed by atoms with Crippen molar-refractivity contribution in [2.45, 2.75) is 19.4 Å². The lowest BCUT2D eigenvalue weighted by Crippen LogP contribution is -2.20. The van der Waals surface area contributed by atoms with Crippen LogP contribution in [0.2, 0.25) is 5.15 Å². The molecule has 4 N–H and O–H groups in total. The minimum atomic E-state index is -0.428. The molecule has 0 aliphatic rings. The standard InChI is InChI=1S/C9H12ClN3O.ClH/c1-5-2-6(3-8(10)13-5)7(11)4-9(12)14;/h2-3,7H,4,11H2,1H3,(H2,12,14);1H. The molecule has 4 nitrogen and oxygen atoms in total. The van der Waals surface area contributed by atoms with Gasteiger partial charge in [0.05, 0.1) is 0 Å². The van der Waals surface area contributed by atoms with Crippen molar-refractivity contribution in [1.29, 1.82) is 0 Å². The minimum Gasteiger partial charge on any atom is -0.370 e. The van der Waals surface area contributed by atoms with Crippen LogP contribution in [0, 0.1) is 6.92 Å². The van der Waals surface area contributed by atoms with E-state index < -0.39 is 11.9 Å². The first-order valence-electron chi connectivity index (χ1n) is 4.17. The second-order valence-corrected chi connectivity index (χ2v) is 3.53. The number of hydrogen-bond acceptors (Lipinski definition) is 3. The zero-order valence-corrected chi connectivity index (χ0v) is 9.81. The summed E-state index contributed by atoms with van der Waals surface area (Å²) < 4.78 is 0. The number of pyridine rings is 1. The molecule has 6 heteroatoms. The van der Waals surface area contributed by atoms with Crippen LogP contribution in [-0.4, -0.2) is 10.9 Å². The number of carbonyl (C=O) groups is 1. The predicted molar refractivity (Wildman–Crippen MR) is 62.0 cm³/mol. The van der Waals surface area contributed by atoms with E-state index in [1.165, 1.54) is 0 Å². The van der Waals surface area contributed by atoms with E-state index in [0.717, 1.165) is 11.3 Å². The van der Waals surface area contributed by atoms with Gasteiger partial charge in [-0.05, 0) is 24.6 Å². The second kappa shape index (κ2) is 5.90. The van der Waals surface area contributed by atoms with E-state index in [-0.39, 0.29) is 18.8 Å². The Morgan fingerprint density at radius 1 is 1.60 bits per heavy atom. The zero-order chi connectivity index (χ0) is 10.7. The van der Waals surface area contributed by atoms with Gasteiger partial charge in [0, 0.05) is 18.2 Å². The molecule has 0 aliphatic heterocycles. The predicted octanol–water partition coefficient (Wildman–Crippen LogP) is 1.34. The number of rotatable bonds is 3. The first-order valence-corrected chi connectivity index (χ1v) is 4.55. The molecule has 1 aromatic rings. The molecule has 0 aliphatic carbocycles. The van der Waals surface area contributed by atoms with Crippen LogP contribution in [0.5, 0.6) is 0 Å². The number of amides is 1. The lowest BCUT2D eigenvalue weighted by molar-refractivity contribution is -0.118. The van der Waals surface area contributed by atoms with Gasteiger partial charge in [-0.25, -0.2) is 4.98 Å². The molecule has 1 aromatic heterocycles. The Hall–Kier alpha value is -0.840. The van der Waals surface area contributed by atoms with Crippen molar-refractivity contribution < 1.29 is 4.79 Å². The first-order chi connectivity index (χ1) is 6.49. The molecule has 0 bridgehead atoms. The average Bonchev–Trinajstić information content (AvgIpc) is 2.00. The van der Waals surface area contributed by atoms with E-state index in [2.05, 4.69) is 4.98 Å². The van der Waals surface area contributed by atoms with Crippen molar-refractivity contribution in [1.82, 2.24) is 4.98 Å². The minimum absolute atomic E-state index is 0. The summed E-state index contributed by atoms with van der Waals surface area (Å²) in [5.41, 5.74) is 12.3. The highest BCUT2D eigenvalue weighted by Crippen LogP contribution is 2.18. The average molecular weight is 250 g/mol. The van der Waals surface area contributed by atoms with Gasteiger partial charge >= 0.3 is 0 Å². The number of aryl methyl sites for hydroxylation is 1. The van der Waals surface area contributed by atoms with Crippen molar-refractivity contribution in [3.63, 3.8) is 0 Å². The van der Waals surface area contributed by atoms with Crippen LogP contribution in [0.3, 0.4) is 0 Å². The fourth-order valence-electron chi connectivity index (χ4n) is 1.20. The van der Waals surface area contributed by atoms with Crippen molar-refractivity contribution >= 4 is 29.9 Å². The number of carbonyl (C=O) groups excluding carboxylic acids is 1. The third kappa shape index (κ3) is 4.46. The van der Waals surface area contributed by atoms with E-state index >= 15 is 0 Å². The summed E-state index contributed by atoms with van der Waals surface area (Å²) in [4.78, 5) is 14.6. The van der Waals surface area contributed by atoms with E-state index in [4.69, 9.17) is 23.1 Å². The summed E-state index contributed by atoms with van der Waals surface area (Å²) in [6.45, 7) is 1.81. The molecule has 15 heavy (non-hydrogen) atoms. The Morgan fingerprint density at radius 2 is 2.20 bits per heavy atom. The number of primary amides is 1. The Morgan fingerprint density at radius 3 is 2.67 bits per heavy atom. The number of nitrogens with zero attached hydrogens (tertiary/aromatic N) is 1. The highest BCUT2D eigenvalue weighted by molar-refractivity contribution is 6.29. The summed E-state index contributed by atoms with van der Waals surface area (Å²) >= 11 is 5.75. The third-order valence-corrected chi connectivity index (χ3v) is 1.99. The first kappa shape index (κ1) is 14.2. The summed E-state index contributed by atoms with van der Waals surface area (Å²) in [5, 5.41) is 0.375. The maximum atomic E-state index is 10.6. The van der Waals surface area contributed by atoms with Crippen molar-refractivity contribution in [2.24, 2.45) is 11.5 Å². The molecule has 0 spiro atoms. The third-order valence-electron chi connectivity index (χ3n) is 1.79. The fourth-order valence-corrected chi connectivity index (χ4v) is 1.46. The van der Waals surface area contributed by atoms with Gasteiger partial charge in [-0.2, -0.15) is 0 Å². The lowest BCUT2D eigenvalue weighted by atomic mass is 10.1. The van der Waals surface area contributed by atoms with Gasteiger partial charge in [-0.3, -0.25) is 4.79 Å². The smallest absolute Gasteiger partial charge is 0.219 e. The van der Waals surface area contributed by atoms with Crippen LogP contribution in [0.25, 0.3) is 0 Å². The van der Waals surface area contributed by atoms with Crippen molar-refractivity contribution in [2.75, 3.05) is 0 Å². The van der Waals surface area contributed by atoms with Gasteiger partial charge in [0.15, 0.2) is 0 Å². The molecule has 0 radical (unpaired) electrons. The maximum absolute atomic E-state index is 10.6. The molecule has 1 amide bonds. The van der Waals surface area contributed by atoms with Crippen molar-refractivity contribution in [3.8, 4) is 0 Å². The Labute approximate surface area is 99.4 Å². The van der Waals surface area contributed by atoms with Crippen molar-refractivity contribution in [3.05, 3.63) is 28.5 Å². The maximum Gasteiger partial charge on any atom is 0.219 e. The molecule has 0 saturated carbocycles. The summed E-state index contributed by atoms with van der Waals surface area (Å²) in [6, 6.07) is 3.02. The normalized spacial score (nSPS) is 11.7. The van der Waals surface area contributed by atoms with E-state index in [1.807, 2.05) is 6.92 Å². The molecule has 84 valence electrons. The monoisotopic (exact) mass is 249 g/mol. The van der Waals surface area contributed by atoms with Crippen LogP contribution in [0.1, 0.15) is 23.7 Å². The Kier molecular flexibility index (Phi) is 5.57. The van der Waals surface area contributed by atoms with Gasteiger partial charge in [0.25, 0.3) is 0 Å². The summed E-state index contributed by atoms with van der Waals surface area (Å²) in [7, 11) is 0. The van der Waals surface area contributed by atoms with Gasteiger partial charge in [-0.15, -0.1) is 12.4 Å². The lowest BCUT2D eigenvalue weighted by Gasteiger charge is -2.10. The van der Waals surface area contributed by atoms with Crippen LogP contribution in [0.15, 0.2) is 12.1 Å². The molecular weight excluding hydrogens is 237 g/mol. The number of hydrogen-bond donors (Lipinski definition) is 2. The van der Waals surface area contributed by atoms with E-state index in [9.17, 15) is 4.79 Å². The Balaban J connectivity index is 0.00000196.